The molecule has 0 saturated carbocycles. The molecule has 2 aromatic carbocycles. The lowest BCUT2D eigenvalue weighted by atomic mass is 9.91. The third-order valence-electron chi connectivity index (χ3n) is 6.14. The number of likely N-dealkylation sites (N-methyl/N-ethyl adjacent to an activating group) is 1. The normalized spacial score (nSPS) is 17.1. The smallest absolute Gasteiger partial charge is 0.191 e. The Morgan fingerprint density at radius 1 is 0.867 bits per heavy atom. The zero-order valence-corrected chi connectivity index (χ0v) is 18.7. The van der Waals surface area contributed by atoms with E-state index < -0.39 is 0 Å². The zero-order valence-electron chi connectivity index (χ0n) is 18.7. The lowest BCUT2D eigenvalue weighted by molar-refractivity contribution is 0.107. The second kappa shape index (κ2) is 11.7. The van der Waals surface area contributed by atoms with Gasteiger partial charge in [0.1, 0.15) is 0 Å². The summed E-state index contributed by atoms with van der Waals surface area (Å²) >= 11 is 0. The van der Waals surface area contributed by atoms with Crippen molar-refractivity contribution >= 4 is 5.96 Å². The molecule has 1 atom stereocenters. The van der Waals surface area contributed by atoms with E-state index in [9.17, 15) is 0 Å². The van der Waals surface area contributed by atoms with Crippen LogP contribution in [0.2, 0.25) is 0 Å². The van der Waals surface area contributed by atoms with Crippen molar-refractivity contribution in [3.8, 4) is 0 Å². The summed E-state index contributed by atoms with van der Waals surface area (Å²) in [5, 5.41) is 7.09. The lowest BCUT2D eigenvalue weighted by Gasteiger charge is -2.37. The number of hydrogen-bond donors (Lipinski definition) is 2. The van der Waals surface area contributed by atoms with Crippen molar-refractivity contribution in [1.29, 1.82) is 0 Å². The Hall–Kier alpha value is -2.37. The van der Waals surface area contributed by atoms with E-state index in [-0.39, 0.29) is 5.92 Å². The van der Waals surface area contributed by atoms with E-state index in [1.165, 1.54) is 24.2 Å². The first-order chi connectivity index (χ1) is 14.7. The molecule has 2 N–H and O–H groups in total. The highest BCUT2D eigenvalue weighted by Crippen LogP contribution is 2.23. The number of guanidine groups is 1. The standard InChI is InChI=1S/C25H37N5/c1-4-29-15-17-30(18-16-29)21(2)19-27-25(26-3)28-20-24(22-11-7-5-8-12-22)23-13-9-6-10-14-23/h5-14,21,24H,4,15-20H2,1-3H3,(H2,26,27,28). The minimum absolute atomic E-state index is 0.283. The molecule has 5 nitrogen and oxygen atoms in total. The first-order valence-electron chi connectivity index (χ1n) is 11.2. The van der Waals surface area contributed by atoms with E-state index in [2.05, 4.69) is 99.9 Å². The summed E-state index contributed by atoms with van der Waals surface area (Å²) in [7, 11) is 1.85. The molecular formula is C25H37N5. The number of rotatable bonds is 8. The van der Waals surface area contributed by atoms with E-state index in [0.29, 0.717) is 6.04 Å². The van der Waals surface area contributed by atoms with Gasteiger partial charge < -0.3 is 15.5 Å². The van der Waals surface area contributed by atoms with Gasteiger partial charge in [0.25, 0.3) is 0 Å². The third kappa shape index (κ3) is 6.31. The predicted octanol–water partition coefficient (Wildman–Crippen LogP) is 3.01. The van der Waals surface area contributed by atoms with Gasteiger partial charge in [0.05, 0.1) is 0 Å². The van der Waals surface area contributed by atoms with E-state index >= 15 is 0 Å². The Labute approximate surface area is 182 Å². The summed E-state index contributed by atoms with van der Waals surface area (Å²) in [6.07, 6.45) is 0. The molecule has 5 heteroatoms. The SMILES string of the molecule is CCN1CCN(C(C)CNC(=NC)NCC(c2ccccc2)c2ccccc2)CC1. The number of nitrogens with one attached hydrogen (secondary N) is 2. The third-order valence-corrected chi connectivity index (χ3v) is 6.14. The summed E-state index contributed by atoms with van der Waals surface area (Å²) < 4.78 is 0. The second-order valence-corrected chi connectivity index (χ2v) is 8.03. The molecule has 0 aromatic heterocycles. The molecule has 0 spiro atoms. The fourth-order valence-corrected chi connectivity index (χ4v) is 4.11. The van der Waals surface area contributed by atoms with Crippen LogP contribution in [0.25, 0.3) is 0 Å². The van der Waals surface area contributed by atoms with Crippen LogP contribution in [-0.2, 0) is 0 Å². The van der Waals surface area contributed by atoms with Crippen molar-refractivity contribution in [2.75, 3.05) is 52.9 Å². The van der Waals surface area contributed by atoms with Crippen LogP contribution in [0.4, 0.5) is 0 Å². The van der Waals surface area contributed by atoms with Crippen LogP contribution in [-0.4, -0.2) is 74.7 Å². The lowest BCUT2D eigenvalue weighted by Crippen LogP contribution is -2.53. The number of aliphatic imine (C=N–C) groups is 1. The summed E-state index contributed by atoms with van der Waals surface area (Å²) in [6.45, 7) is 12.0. The molecule has 0 radical (unpaired) electrons. The molecule has 1 fully saturated rings. The van der Waals surface area contributed by atoms with Crippen LogP contribution >= 0.6 is 0 Å². The summed E-state index contributed by atoms with van der Waals surface area (Å²) in [4.78, 5) is 9.55. The highest BCUT2D eigenvalue weighted by molar-refractivity contribution is 5.79. The van der Waals surface area contributed by atoms with Gasteiger partial charge in [-0.15, -0.1) is 0 Å². The predicted molar refractivity (Wildman–Crippen MR) is 127 cm³/mol. The quantitative estimate of drug-likeness (QED) is 0.522. The monoisotopic (exact) mass is 407 g/mol. The minimum Gasteiger partial charge on any atom is -0.355 e. The minimum atomic E-state index is 0.283. The molecule has 1 saturated heterocycles. The van der Waals surface area contributed by atoms with Gasteiger partial charge in [-0.3, -0.25) is 9.89 Å². The Balaban J connectivity index is 1.54. The molecule has 2 aromatic rings. The highest BCUT2D eigenvalue weighted by atomic mass is 15.3. The van der Waals surface area contributed by atoms with E-state index in [1.54, 1.807) is 0 Å². The van der Waals surface area contributed by atoms with Crippen molar-refractivity contribution in [2.24, 2.45) is 4.99 Å². The number of piperazine rings is 1. The zero-order chi connectivity index (χ0) is 21.2. The molecular weight excluding hydrogens is 370 g/mol. The van der Waals surface area contributed by atoms with Crippen molar-refractivity contribution in [3.63, 3.8) is 0 Å². The average molecular weight is 408 g/mol. The molecule has 0 bridgehead atoms. The molecule has 162 valence electrons. The van der Waals surface area contributed by atoms with Crippen LogP contribution in [0.3, 0.4) is 0 Å². The van der Waals surface area contributed by atoms with Crippen LogP contribution in [0.15, 0.2) is 65.7 Å². The van der Waals surface area contributed by atoms with Gasteiger partial charge >= 0.3 is 0 Å². The highest BCUT2D eigenvalue weighted by Gasteiger charge is 2.20. The van der Waals surface area contributed by atoms with Crippen molar-refractivity contribution in [1.82, 2.24) is 20.4 Å². The first-order valence-corrected chi connectivity index (χ1v) is 11.2. The molecule has 0 aliphatic carbocycles. The molecule has 3 rings (SSSR count). The van der Waals surface area contributed by atoms with Gasteiger partial charge in [0.2, 0.25) is 0 Å². The second-order valence-electron chi connectivity index (χ2n) is 8.03. The van der Waals surface area contributed by atoms with Crippen molar-refractivity contribution < 1.29 is 0 Å². The molecule has 1 unspecified atom stereocenters. The number of benzene rings is 2. The fraction of sp³-hybridized carbons (Fsp3) is 0.480. The fourth-order valence-electron chi connectivity index (χ4n) is 4.11. The van der Waals surface area contributed by atoms with Gasteiger partial charge in [0, 0.05) is 58.3 Å². The first kappa shape index (κ1) is 22.3. The van der Waals surface area contributed by atoms with Crippen molar-refractivity contribution in [2.45, 2.75) is 25.8 Å². The van der Waals surface area contributed by atoms with Gasteiger partial charge in [-0.05, 0) is 24.6 Å². The summed E-state index contributed by atoms with van der Waals surface area (Å²) in [6, 6.07) is 21.9. The number of nitrogens with zero attached hydrogens (tertiary/aromatic N) is 3. The van der Waals surface area contributed by atoms with Gasteiger partial charge in [-0.2, -0.15) is 0 Å². The summed E-state index contributed by atoms with van der Waals surface area (Å²) in [5.74, 6) is 1.15. The van der Waals surface area contributed by atoms with Crippen LogP contribution in [0.5, 0.6) is 0 Å². The largest absolute Gasteiger partial charge is 0.355 e. The Morgan fingerprint density at radius 2 is 1.40 bits per heavy atom. The van der Waals surface area contributed by atoms with Gasteiger partial charge in [-0.25, -0.2) is 0 Å². The maximum Gasteiger partial charge on any atom is 0.191 e. The van der Waals surface area contributed by atoms with Crippen LogP contribution in [0.1, 0.15) is 30.9 Å². The molecule has 30 heavy (non-hydrogen) atoms. The maximum atomic E-state index is 4.46. The molecule has 0 amide bonds. The number of hydrogen-bond acceptors (Lipinski definition) is 3. The molecule has 1 aliphatic heterocycles. The molecule has 1 heterocycles. The van der Waals surface area contributed by atoms with Crippen LogP contribution < -0.4 is 10.6 Å². The van der Waals surface area contributed by atoms with Crippen LogP contribution in [0, 0.1) is 0 Å². The van der Waals surface area contributed by atoms with E-state index in [0.717, 1.165) is 38.7 Å². The van der Waals surface area contributed by atoms with Crippen molar-refractivity contribution in [3.05, 3.63) is 71.8 Å². The molecule has 1 aliphatic rings. The van der Waals surface area contributed by atoms with E-state index in [4.69, 9.17) is 0 Å². The van der Waals surface area contributed by atoms with E-state index in [1.807, 2.05) is 7.05 Å². The summed E-state index contributed by atoms with van der Waals surface area (Å²) in [5.41, 5.74) is 2.63. The average Bonchev–Trinajstić information content (AvgIpc) is 2.82. The topological polar surface area (TPSA) is 42.9 Å². The van der Waals surface area contributed by atoms with Gasteiger partial charge in [0.15, 0.2) is 5.96 Å². The Bertz CT molecular complexity index is 714. The Kier molecular flexibility index (Phi) is 8.72. The van der Waals surface area contributed by atoms with Gasteiger partial charge in [-0.1, -0.05) is 67.6 Å². The maximum absolute atomic E-state index is 4.46. The Morgan fingerprint density at radius 3 is 1.90 bits per heavy atom.